The number of para-hydroxylation sites is 2. The average Bonchev–Trinajstić information content (AvgIpc) is 3.12. The first-order valence-corrected chi connectivity index (χ1v) is 9.54. The quantitative estimate of drug-likeness (QED) is 0.457. The number of pyridine rings is 1. The molecule has 0 aliphatic heterocycles. The molecule has 0 saturated heterocycles. The fraction of sp³-hybridized carbons (Fsp3) is 0.150. The Morgan fingerprint density at radius 2 is 1.92 bits per heavy atom. The largest absolute Gasteiger partial charge is 0.338 e. The molecule has 2 heterocycles. The predicted octanol–water partition coefficient (Wildman–Crippen LogP) is 5.96. The summed E-state index contributed by atoms with van der Waals surface area (Å²) in [4.78, 5) is 4.96. The molecule has 5 heteroatoms. The normalized spacial score (nSPS) is 11.3. The van der Waals surface area contributed by atoms with Crippen LogP contribution in [0, 0.1) is 0 Å². The summed E-state index contributed by atoms with van der Waals surface area (Å²) in [7, 11) is 0. The van der Waals surface area contributed by atoms with Crippen LogP contribution in [0.25, 0.3) is 21.0 Å². The summed E-state index contributed by atoms with van der Waals surface area (Å²) < 4.78 is 1.25. The van der Waals surface area contributed by atoms with E-state index in [9.17, 15) is 0 Å². The van der Waals surface area contributed by atoms with Gasteiger partial charge in [0.1, 0.15) is 5.82 Å². The van der Waals surface area contributed by atoms with Gasteiger partial charge in [0.15, 0.2) is 0 Å². The predicted molar refractivity (Wildman–Crippen MR) is 109 cm³/mol. The fourth-order valence-electron chi connectivity index (χ4n) is 2.97. The zero-order valence-electron chi connectivity index (χ0n) is 13.8. The third-order valence-electron chi connectivity index (χ3n) is 4.20. The van der Waals surface area contributed by atoms with Gasteiger partial charge in [0.2, 0.25) is 0 Å². The van der Waals surface area contributed by atoms with Crippen molar-refractivity contribution in [3.8, 4) is 0 Å². The highest BCUT2D eigenvalue weighted by Gasteiger charge is 2.13. The minimum absolute atomic E-state index is 0.689. The molecule has 2 aromatic carbocycles. The second kappa shape index (κ2) is 7.00. The Labute approximate surface area is 155 Å². The molecule has 2 aromatic heterocycles. The third kappa shape index (κ3) is 3.09. The van der Waals surface area contributed by atoms with Gasteiger partial charge < -0.3 is 10.6 Å². The number of halogens is 1. The van der Waals surface area contributed by atoms with Crippen molar-refractivity contribution in [2.24, 2.45) is 0 Å². The molecule has 2 N–H and O–H groups in total. The molecule has 0 amide bonds. The number of thiophene rings is 1. The van der Waals surface area contributed by atoms with Gasteiger partial charge in [-0.1, -0.05) is 48.9 Å². The lowest BCUT2D eigenvalue weighted by Crippen LogP contribution is -2.12. The van der Waals surface area contributed by atoms with Crippen molar-refractivity contribution in [1.29, 1.82) is 0 Å². The maximum atomic E-state index is 6.32. The summed E-state index contributed by atoms with van der Waals surface area (Å²) in [6.07, 6.45) is 0. The van der Waals surface area contributed by atoms with E-state index in [0.717, 1.165) is 35.5 Å². The molecule has 126 valence electrons. The van der Waals surface area contributed by atoms with E-state index in [-0.39, 0.29) is 0 Å². The Morgan fingerprint density at radius 3 is 2.76 bits per heavy atom. The highest BCUT2D eigenvalue weighted by atomic mass is 35.5. The maximum absolute atomic E-state index is 6.32. The van der Waals surface area contributed by atoms with Crippen molar-refractivity contribution in [1.82, 2.24) is 10.3 Å². The van der Waals surface area contributed by atoms with Gasteiger partial charge in [-0.25, -0.2) is 4.98 Å². The number of fused-ring (bicyclic) bond motifs is 3. The summed E-state index contributed by atoms with van der Waals surface area (Å²) in [6, 6.07) is 16.3. The molecule has 0 radical (unpaired) electrons. The van der Waals surface area contributed by atoms with E-state index in [4.69, 9.17) is 16.6 Å². The molecule has 0 aliphatic rings. The van der Waals surface area contributed by atoms with Crippen LogP contribution in [0.15, 0.2) is 53.9 Å². The topological polar surface area (TPSA) is 37.0 Å². The first-order chi connectivity index (χ1) is 12.3. The number of hydrogen-bond donors (Lipinski definition) is 2. The molecule has 0 spiro atoms. The van der Waals surface area contributed by atoms with Crippen molar-refractivity contribution in [2.75, 3.05) is 11.9 Å². The van der Waals surface area contributed by atoms with Crippen LogP contribution in [-0.2, 0) is 6.54 Å². The lowest BCUT2D eigenvalue weighted by molar-refractivity contribution is 0.729. The number of aromatic nitrogens is 1. The molecule has 0 atom stereocenters. The summed E-state index contributed by atoms with van der Waals surface area (Å²) in [5.74, 6) is 0.848. The highest BCUT2D eigenvalue weighted by molar-refractivity contribution is 7.18. The third-order valence-corrected chi connectivity index (χ3v) is 5.48. The minimum atomic E-state index is 0.689. The summed E-state index contributed by atoms with van der Waals surface area (Å²) in [6.45, 7) is 3.85. The van der Waals surface area contributed by atoms with Gasteiger partial charge in [0.25, 0.3) is 0 Å². The number of hydrogen-bond acceptors (Lipinski definition) is 4. The Hall–Kier alpha value is -2.14. The molecule has 0 unspecified atom stereocenters. The van der Waals surface area contributed by atoms with Crippen LogP contribution in [0.3, 0.4) is 0 Å². The minimum Gasteiger partial charge on any atom is -0.338 e. The molecule has 0 bridgehead atoms. The van der Waals surface area contributed by atoms with Crippen molar-refractivity contribution in [3.63, 3.8) is 0 Å². The van der Waals surface area contributed by atoms with Crippen molar-refractivity contribution in [2.45, 2.75) is 13.5 Å². The molecule has 3 nitrogen and oxygen atoms in total. The molecular formula is C20H18ClN3S. The number of anilines is 2. The number of benzene rings is 2. The summed E-state index contributed by atoms with van der Waals surface area (Å²) >= 11 is 8.06. The monoisotopic (exact) mass is 367 g/mol. The van der Waals surface area contributed by atoms with Crippen molar-refractivity contribution in [3.05, 3.63) is 64.5 Å². The summed E-state index contributed by atoms with van der Waals surface area (Å²) in [5.41, 5.74) is 3.11. The van der Waals surface area contributed by atoms with E-state index >= 15 is 0 Å². The Kier molecular flexibility index (Phi) is 4.57. The van der Waals surface area contributed by atoms with Crippen molar-refractivity contribution < 1.29 is 0 Å². The lowest BCUT2D eigenvalue weighted by Gasteiger charge is -2.13. The highest BCUT2D eigenvalue weighted by Crippen LogP contribution is 2.36. The average molecular weight is 368 g/mol. The van der Waals surface area contributed by atoms with E-state index in [1.165, 1.54) is 15.6 Å². The van der Waals surface area contributed by atoms with Gasteiger partial charge >= 0.3 is 0 Å². The van der Waals surface area contributed by atoms with Gasteiger partial charge in [0.05, 0.1) is 16.2 Å². The van der Waals surface area contributed by atoms with E-state index in [0.29, 0.717) is 5.02 Å². The van der Waals surface area contributed by atoms with Crippen LogP contribution in [0.4, 0.5) is 11.5 Å². The van der Waals surface area contributed by atoms with E-state index < -0.39 is 0 Å². The van der Waals surface area contributed by atoms with E-state index in [1.54, 1.807) is 11.3 Å². The van der Waals surface area contributed by atoms with E-state index in [1.807, 2.05) is 24.3 Å². The van der Waals surface area contributed by atoms with E-state index in [2.05, 4.69) is 47.2 Å². The fourth-order valence-corrected chi connectivity index (χ4v) is 4.08. The lowest BCUT2D eigenvalue weighted by atomic mass is 10.1. The van der Waals surface area contributed by atoms with Crippen LogP contribution < -0.4 is 10.6 Å². The van der Waals surface area contributed by atoms with Crippen LogP contribution in [0.2, 0.25) is 5.02 Å². The van der Waals surface area contributed by atoms with Crippen LogP contribution in [-0.4, -0.2) is 11.5 Å². The SMILES string of the molecule is CCNCc1cccc2c1nc(Nc1ccccc1Cl)c1ccsc12. The van der Waals surface area contributed by atoms with Crippen LogP contribution in [0.1, 0.15) is 12.5 Å². The Balaban J connectivity index is 1.90. The van der Waals surface area contributed by atoms with Gasteiger partial charge in [0, 0.05) is 22.0 Å². The Bertz CT molecular complexity index is 1040. The first-order valence-electron chi connectivity index (χ1n) is 8.29. The van der Waals surface area contributed by atoms with Gasteiger partial charge in [-0.2, -0.15) is 0 Å². The van der Waals surface area contributed by atoms with Gasteiger partial charge in [-0.15, -0.1) is 11.3 Å². The number of nitrogens with zero attached hydrogens (tertiary/aromatic N) is 1. The molecular weight excluding hydrogens is 350 g/mol. The van der Waals surface area contributed by atoms with Crippen LogP contribution in [0.5, 0.6) is 0 Å². The molecule has 0 aliphatic carbocycles. The second-order valence-corrected chi connectivity index (χ2v) is 7.15. The zero-order valence-corrected chi connectivity index (χ0v) is 15.4. The van der Waals surface area contributed by atoms with Gasteiger partial charge in [-0.05, 0) is 35.7 Å². The smallest absolute Gasteiger partial charge is 0.139 e. The molecule has 4 rings (SSSR count). The molecule has 4 aromatic rings. The number of rotatable bonds is 5. The van der Waals surface area contributed by atoms with Gasteiger partial charge in [-0.3, -0.25) is 0 Å². The maximum Gasteiger partial charge on any atom is 0.139 e. The first kappa shape index (κ1) is 16.3. The van der Waals surface area contributed by atoms with Crippen molar-refractivity contribution >= 4 is 55.4 Å². The Morgan fingerprint density at radius 1 is 1.04 bits per heavy atom. The zero-order chi connectivity index (χ0) is 17.2. The second-order valence-electron chi connectivity index (χ2n) is 5.82. The van der Waals surface area contributed by atoms with Crippen LogP contribution >= 0.6 is 22.9 Å². The standard InChI is InChI=1S/C20H18ClN3S/c1-2-22-12-13-6-5-7-14-18(13)24-20(15-10-11-25-19(14)15)23-17-9-4-3-8-16(17)21/h3-11,22H,2,12H2,1H3,(H,23,24). The molecule has 0 fully saturated rings. The summed E-state index contributed by atoms with van der Waals surface area (Å²) in [5, 5.41) is 11.9. The number of nitrogens with one attached hydrogen (secondary N) is 2. The molecule has 0 saturated carbocycles. The molecule has 25 heavy (non-hydrogen) atoms.